The molecular weight excluding hydrogens is 491 g/mol. The largest absolute Gasteiger partial charge is 0.481 e. The molecule has 2 heterocycles. The maximum Gasteiger partial charge on any atom is 0.325 e. The number of pyridine rings is 1. The molecule has 4 rings (SSSR count). The van der Waals surface area contributed by atoms with Gasteiger partial charge in [0.15, 0.2) is 5.65 Å². The number of aliphatic carboxylic acids is 1. The van der Waals surface area contributed by atoms with Crippen molar-refractivity contribution >= 4 is 29.3 Å². The van der Waals surface area contributed by atoms with E-state index in [1.165, 1.54) is 24.3 Å². The van der Waals surface area contributed by atoms with Crippen LogP contribution in [-0.4, -0.2) is 45.5 Å². The lowest BCUT2D eigenvalue weighted by Gasteiger charge is -2.18. The summed E-state index contributed by atoms with van der Waals surface area (Å²) in [5.41, 5.74) is 3.25. The van der Waals surface area contributed by atoms with Gasteiger partial charge in [-0.2, -0.15) is 0 Å². The molecule has 0 bridgehead atoms. The minimum atomic E-state index is -1.12. The number of carboxylic acids is 1. The summed E-state index contributed by atoms with van der Waals surface area (Å²) >= 11 is 0. The van der Waals surface area contributed by atoms with Crippen LogP contribution in [-0.2, 0) is 14.3 Å². The van der Waals surface area contributed by atoms with Gasteiger partial charge in [0.05, 0.1) is 24.6 Å². The Balaban J connectivity index is 1.76. The van der Waals surface area contributed by atoms with Crippen LogP contribution in [0.2, 0.25) is 0 Å². The van der Waals surface area contributed by atoms with Crippen LogP contribution in [0.15, 0.2) is 66.9 Å². The highest BCUT2D eigenvalue weighted by Crippen LogP contribution is 2.32. The maximum absolute atomic E-state index is 13.4. The van der Waals surface area contributed by atoms with E-state index in [-0.39, 0.29) is 18.7 Å². The van der Waals surface area contributed by atoms with Crippen LogP contribution in [0.25, 0.3) is 16.9 Å². The highest BCUT2D eigenvalue weighted by Gasteiger charge is 2.24. The van der Waals surface area contributed by atoms with Crippen molar-refractivity contribution in [2.45, 2.75) is 26.3 Å². The number of anilines is 1. The number of carbonyl (C=O) groups excluding carboxylic acids is 2. The van der Waals surface area contributed by atoms with Gasteiger partial charge < -0.3 is 20.5 Å². The fraction of sp³-hybridized carbons (Fsp3) is 0.214. The van der Waals surface area contributed by atoms with Crippen LogP contribution < -0.4 is 10.6 Å². The molecule has 1 amide bonds. The van der Waals surface area contributed by atoms with Crippen LogP contribution in [0.4, 0.5) is 10.2 Å². The first-order chi connectivity index (χ1) is 18.3. The van der Waals surface area contributed by atoms with Crippen molar-refractivity contribution in [3.63, 3.8) is 0 Å². The van der Waals surface area contributed by atoms with Gasteiger partial charge in [-0.1, -0.05) is 36.4 Å². The molecule has 9 nitrogen and oxygen atoms in total. The molecule has 196 valence electrons. The average Bonchev–Trinajstić information content (AvgIpc) is 3.26. The number of rotatable bonds is 10. The average molecular weight is 519 g/mol. The number of hydrogen-bond donors (Lipinski definition) is 3. The zero-order valence-corrected chi connectivity index (χ0v) is 20.9. The van der Waals surface area contributed by atoms with Crippen LogP contribution in [0.1, 0.15) is 40.9 Å². The second kappa shape index (κ2) is 11.5. The fourth-order valence-corrected chi connectivity index (χ4v) is 4.17. The summed E-state index contributed by atoms with van der Waals surface area (Å²) in [4.78, 5) is 41.8. The summed E-state index contributed by atoms with van der Waals surface area (Å²) in [7, 11) is 0. The van der Waals surface area contributed by atoms with Gasteiger partial charge in [0.25, 0.3) is 5.91 Å². The van der Waals surface area contributed by atoms with Gasteiger partial charge in [-0.05, 0) is 49.2 Å². The number of ether oxygens (including phenoxy) is 1. The monoisotopic (exact) mass is 518 g/mol. The third-order valence-electron chi connectivity index (χ3n) is 5.96. The first-order valence-corrected chi connectivity index (χ1v) is 12.0. The normalized spacial score (nSPS) is 11.7. The standard InChI is InChI=1S/C28H27FN4O5/c1-3-38-24(36)16-30-27-25(20-8-5-4-7-17(20)2)32-26-21(9-6-14-33(26)27)28(37)31-22(15-23(34)35)18-10-12-19(29)13-11-18/h4-14,22,30H,3,15-16H2,1-2H3,(H,31,37)(H,34,35). The quantitative estimate of drug-likeness (QED) is 0.267. The molecule has 0 saturated heterocycles. The summed E-state index contributed by atoms with van der Waals surface area (Å²) in [5, 5.41) is 15.2. The SMILES string of the molecule is CCOC(=O)CNc1c(-c2ccccc2C)nc2c(C(=O)NC(CC(=O)O)c3ccc(F)cc3)cccn12. The number of nitrogens with zero attached hydrogens (tertiary/aromatic N) is 2. The second-order valence-electron chi connectivity index (χ2n) is 8.57. The number of benzene rings is 2. The maximum atomic E-state index is 13.4. The highest BCUT2D eigenvalue weighted by molar-refractivity contribution is 6.01. The predicted molar refractivity (Wildman–Crippen MR) is 139 cm³/mol. The Kier molecular flexibility index (Phi) is 8.00. The summed E-state index contributed by atoms with van der Waals surface area (Å²) in [6, 6.07) is 15.2. The number of carboxylic acid groups (broad SMARTS) is 1. The molecule has 0 fully saturated rings. The first-order valence-electron chi connectivity index (χ1n) is 12.0. The number of aromatic nitrogens is 2. The van der Waals surface area contributed by atoms with E-state index >= 15 is 0 Å². The molecule has 0 aliphatic rings. The fourth-order valence-electron chi connectivity index (χ4n) is 4.17. The van der Waals surface area contributed by atoms with Crippen LogP contribution >= 0.6 is 0 Å². The number of aryl methyl sites for hydroxylation is 1. The Labute approximate surface area is 218 Å². The number of imidazole rings is 1. The van der Waals surface area contributed by atoms with E-state index in [9.17, 15) is 23.9 Å². The molecular formula is C28H27FN4O5. The number of halogens is 1. The van der Waals surface area contributed by atoms with Gasteiger partial charge in [0.1, 0.15) is 23.9 Å². The molecule has 0 saturated carbocycles. The van der Waals surface area contributed by atoms with Crippen molar-refractivity contribution in [1.82, 2.24) is 14.7 Å². The Bertz CT molecular complexity index is 1480. The number of hydrogen-bond acceptors (Lipinski definition) is 6. The zero-order chi connectivity index (χ0) is 27.2. The van der Waals surface area contributed by atoms with E-state index in [4.69, 9.17) is 9.72 Å². The number of fused-ring (bicyclic) bond motifs is 1. The van der Waals surface area contributed by atoms with Crippen LogP contribution in [0, 0.1) is 12.7 Å². The molecule has 0 radical (unpaired) electrons. The van der Waals surface area contributed by atoms with Crippen molar-refractivity contribution in [1.29, 1.82) is 0 Å². The molecule has 1 unspecified atom stereocenters. The minimum absolute atomic E-state index is 0.109. The lowest BCUT2D eigenvalue weighted by atomic mass is 10.0. The summed E-state index contributed by atoms with van der Waals surface area (Å²) in [6.07, 6.45) is 1.32. The molecule has 4 aromatic rings. The topological polar surface area (TPSA) is 122 Å². The second-order valence-corrected chi connectivity index (χ2v) is 8.57. The van der Waals surface area contributed by atoms with E-state index in [1.807, 2.05) is 31.2 Å². The van der Waals surface area contributed by atoms with Gasteiger partial charge in [-0.25, -0.2) is 9.37 Å². The van der Waals surface area contributed by atoms with Gasteiger partial charge in [-0.3, -0.25) is 18.8 Å². The molecule has 3 N–H and O–H groups in total. The van der Waals surface area contributed by atoms with Crippen molar-refractivity contribution in [2.75, 3.05) is 18.5 Å². The Morgan fingerprint density at radius 2 is 1.82 bits per heavy atom. The summed E-state index contributed by atoms with van der Waals surface area (Å²) in [6.45, 7) is 3.79. The van der Waals surface area contributed by atoms with Crippen molar-refractivity contribution in [3.8, 4) is 11.3 Å². The third-order valence-corrected chi connectivity index (χ3v) is 5.96. The van der Waals surface area contributed by atoms with Crippen LogP contribution in [0.5, 0.6) is 0 Å². The lowest BCUT2D eigenvalue weighted by Crippen LogP contribution is -2.30. The van der Waals surface area contributed by atoms with Gasteiger partial charge in [0, 0.05) is 11.8 Å². The molecule has 0 spiro atoms. The first kappa shape index (κ1) is 26.3. The molecule has 10 heteroatoms. The smallest absolute Gasteiger partial charge is 0.325 e. The van der Waals surface area contributed by atoms with Gasteiger partial charge in [-0.15, -0.1) is 0 Å². The van der Waals surface area contributed by atoms with E-state index in [2.05, 4.69) is 10.6 Å². The van der Waals surface area contributed by atoms with E-state index in [1.54, 1.807) is 29.7 Å². The minimum Gasteiger partial charge on any atom is -0.481 e. The molecule has 2 aromatic heterocycles. The zero-order valence-electron chi connectivity index (χ0n) is 20.9. The number of esters is 1. The predicted octanol–water partition coefficient (Wildman–Crippen LogP) is 4.37. The molecule has 2 aromatic carbocycles. The third kappa shape index (κ3) is 5.80. The van der Waals surface area contributed by atoms with E-state index in [0.717, 1.165) is 11.1 Å². The van der Waals surface area contributed by atoms with E-state index < -0.39 is 36.1 Å². The molecule has 0 aliphatic carbocycles. The Morgan fingerprint density at radius 3 is 2.50 bits per heavy atom. The number of nitrogens with one attached hydrogen (secondary N) is 2. The number of carbonyl (C=O) groups is 3. The van der Waals surface area contributed by atoms with Gasteiger partial charge >= 0.3 is 11.9 Å². The van der Waals surface area contributed by atoms with Crippen molar-refractivity contribution in [2.24, 2.45) is 0 Å². The van der Waals surface area contributed by atoms with Crippen molar-refractivity contribution < 1.29 is 28.6 Å². The van der Waals surface area contributed by atoms with Gasteiger partial charge in [0.2, 0.25) is 0 Å². The Hall–Kier alpha value is -4.73. The molecule has 0 aliphatic heterocycles. The molecule has 38 heavy (non-hydrogen) atoms. The van der Waals surface area contributed by atoms with Crippen molar-refractivity contribution in [3.05, 3.63) is 89.4 Å². The highest BCUT2D eigenvalue weighted by atomic mass is 19.1. The van der Waals surface area contributed by atoms with Crippen LogP contribution in [0.3, 0.4) is 0 Å². The number of amides is 1. The molecule has 1 atom stereocenters. The van der Waals surface area contributed by atoms with E-state index in [0.29, 0.717) is 22.7 Å². The summed E-state index contributed by atoms with van der Waals surface area (Å²) < 4.78 is 20.1. The lowest BCUT2D eigenvalue weighted by molar-refractivity contribution is -0.141. The summed E-state index contributed by atoms with van der Waals surface area (Å²) in [5.74, 6) is -2.08. The Morgan fingerprint density at radius 1 is 1.08 bits per heavy atom.